The highest BCUT2D eigenvalue weighted by Gasteiger charge is 2.20. The van der Waals surface area contributed by atoms with Gasteiger partial charge in [0.15, 0.2) is 0 Å². The summed E-state index contributed by atoms with van der Waals surface area (Å²) in [5.41, 5.74) is 1.14. The molecule has 0 aromatic heterocycles. The van der Waals surface area contributed by atoms with Gasteiger partial charge in [0.25, 0.3) is 5.91 Å². The van der Waals surface area contributed by atoms with Crippen LogP contribution in [0.4, 0.5) is 4.39 Å². The van der Waals surface area contributed by atoms with E-state index in [4.69, 9.17) is 11.6 Å². The van der Waals surface area contributed by atoms with E-state index in [0.717, 1.165) is 0 Å². The van der Waals surface area contributed by atoms with E-state index in [-0.39, 0.29) is 10.9 Å². The van der Waals surface area contributed by atoms with Crippen molar-refractivity contribution in [3.05, 3.63) is 34.1 Å². The molecule has 2 rings (SSSR count). The van der Waals surface area contributed by atoms with Crippen LogP contribution in [0.15, 0.2) is 12.1 Å². The van der Waals surface area contributed by atoms with Crippen molar-refractivity contribution in [2.24, 2.45) is 0 Å². The molecule has 12 heavy (non-hydrogen) atoms. The predicted octanol–water partition coefficient (Wildman–Crippen LogP) is 1.72. The van der Waals surface area contributed by atoms with Gasteiger partial charge in [0.2, 0.25) is 0 Å². The second-order valence-electron chi connectivity index (χ2n) is 2.61. The molecule has 1 aliphatic heterocycles. The van der Waals surface area contributed by atoms with Crippen molar-refractivity contribution in [2.45, 2.75) is 6.54 Å². The molecule has 62 valence electrons. The molecule has 0 saturated carbocycles. The topological polar surface area (TPSA) is 29.1 Å². The highest BCUT2D eigenvalue weighted by Crippen LogP contribution is 2.23. The maximum absolute atomic E-state index is 12.8. The first-order valence-corrected chi connectivity index (χ1v) is 3.82. The van der Waals surface area contributed by atoms with E-state index < -0.39 is 5.82 Å². The average Bonchev–Trinajstić information content (AvgIpc) is 2.35. The van der Waals surface area contributed by atoms with E-state index in [0.29, 0.717) is 17.7 Å². The van der Waals surface area contributed by atoms with Crippen LogP contribution in [-0.2, 0) is 6.54 Å². The zero-order valence-electron chi connectivity index (χ0n) is 6.03. The molecule has 0 saturated heterocycles. The number of hydrogen-bond acceptors (Lipinski definition) is 1. The number of fused-ring (bicyclic) bond motifs is 1. The van der Waals surface area contributed by atoms with Gasteiger partial charge in [0.1, 0.15) is 5.82 Å². The van der Waals surface area contributed by atoms with Gasteiger partial charge in [-0.2, -0.15) is 0 Å². The van der Waals surface area contributed by atoms with Crippen LogP contribution in [0.25, 0.3) is 0 Å². The zero-order chi connectivity index (χ0) is 8.72. The van der Waals surface area contributed by atoms with Gasteiger partial charge in [0.05, 0.1) is 5.02 Å². The molecule has 1 aromatic rings. The van der Waals surface area contributed by atoms with Crippen LogP contribution >= 0.6 is 11.6 Å². The van der Waals surface area contributed by atoms with Crippen LogP contribution in [0.5, 0.6) is 0 Å². The van der Waals surface area contributed by atoms with E-state index in [1.165, 1.54) is 12.1 Å². The highest BCUT2D eigenvalue weighted by molar-refractivity contribution is 6.31. The van der Waals surface area contributed by atoms with Gasteiger partial charge < -0.3 is 5.32 Å². The monoisotopic (exact) mass is 185 g/mol. The minimum Gasteiger partial charge on any atom is -0.348 e. The summed E-state index contributed by atoms with van der Waals surface area (Å²) < 4.78 is 12.8. The Labute approximate surface area is 73.3 Å². The minimum absolute atomic E-state index is 0.00852. The lowest BCUT2D eigenvalue weighted by atomic mass is 10.1. The standard InChI is InChI=1S/C8H5ClFNO/c9-6-2-5-4(1-7(6)10)3-11-8(5)12/h1-2H,3H2,(H,11,12). The molecule has 0 fully saturated rings. The summed E-state index contributed by atoms with van der Waals surface area (Å²) in [6, 6.07) is 2.64. The van der Waals surface area contributed by atoms with Gasteiger partial charge in [-0.3, -0.25) is 4.79 Å². The third kappa shape index (κ3) is 0.975. The van der Waals surface area contributed by atoms with Crippen molar-refractivity contribution in [3.63, 3.8) is 0 Å². The lowest BCUT2D eigenvalue weighted by Crippen LogP contribution is -2.12. The zero-order valence-corrected chi connectivity index (χ0v) is 6.78. The summed E-state index contributed by atoms with van der Waals surface area (Å²) in [6.07, 6.45) is 0. The Kier molecular flexibility index (Phi) is 1.54. The van der Waals surface area contributed by atoms with Crippen molar-refractivity contribution < 1.29 is 9.18 Å². The fourth-order valence-electron chi connectivity index (χ4n) is 1.22. The number of halogens is 2. The van der Waals surface area contributed by atoms with E-state index >= 15 is 0 Å². The molecule has 0 atom stereocenters. The van der Waals surface area contributed by atoms with E-state index in [2.05, 4.69) is 5.32 Å². The molecule has 1 N–H and O–H groups in total. The molecule has 0 unspecified atom stereocenters. The minimum atomic E-state index is -0.480. The van der Waals surface area contributed by atoms with Crippen LogP contribution in [-0.4, -0.2) is 5.91 Å². The predicted molar refractivity (Wildman–Crippen MR) is 42.6 cm³/mol. The van der Waals surface area contributed by atoms with Crippen LogP contribution < -0.4 is 5.32 Å². The molecular weight excluding hydrogens is 181 g/mol. The van der Waals surface area contributed by atoms with Crippen LogP contribution in [0.2, 0.25) is 5.02 Å². The number of amides is 1. The fourth-order valence-corrected chi connectivity index (χ4v) is 1.38. The maximum atomic E-state index is 12.8. The summed E-state index contributed by atoms with van der Waals surface area (Å²) in [5, 5.41) is 2.57. The molecular formula is C8H5ClFNO. The molecule has 1 aromatic carbocycles. The molecule has 4 heteroatoms. The average molecular weight is 186 g/mol. The van der Waals surface area contributed by atoms with Crippen LogP contribution in [0.1, 0.15) is 15.9 Å². The largest absolute Gasteiger partial charge is 0.348 e. The lowest BCUT2D eigenvalue weighted by molar-refractivity contribution is 0.0966. The number of carbonyl (C=O) groups is 1. The molecule has 1 aliphatic rings. The van der Waals surface area contributed by atoms with Crippen molar-refractivity contribution in [1.29, 1.82) is 0 Å². The molecule has 0 radical (unpaired) electrons. The summed E-state index contributed by atoms with van der Waals surface area (Å²) >= 11 is 5.50. The Balaban J connectivity index is 2.63. The summed E-state index contributed by atoms with van der Waals surface area (Å²) in [7, 11) is 0. The summed E-state index contributed by atoms with van der Waals surface area (Å²) in [4.78, 5) is 11.0. The van der Waals surface area contributed by atoms with Gasteiger partial charge in [-0.15, -0.1) is 0 Å². The van der Waals surface area contributed by atoms with E-state index in [1.807, 2.05) is 0 Å². The molecule has 1 amide bonds. The lowest BCUT2D eigenvalue weighted by Gasteiger charge is -1.97. The van der Waals surface area contributed by atoms with Crippen molar-refractivity contribution in [2.75, 3.05) is 0 Å². The van der Waals surface area contributed by atoms with Gasteiger partial charge in [-0.1, -0.05) is 11.6 Å². The first kappa shape index (κ1) is 7.55. The van der Waals surface area contributed by atoms with Gasteiger partial charge in [-0.25, -0.2) is 4.39 Å². The summed E-state index contributed by atoms with van der Waals surface area (Å²) in [6.45, 7) is 0.391. The Morgan fingerprint density at radius 2 is 2.25 bits per heavy atom. The van der Waals surface area contributed by atoms with E-state index in [1.54, 1.807) is 0 Å². The smallest absolute Gasteiger partial charge is 0.251 e. The Morgan fingerprint density at radius 1 is 1.50 bits per heavy atom. The third-order valence-electron chi connectivity index (χ3n) is 1.83. The number of hydrogen-bond donors (Lipinski definition) is 1. The molecule has 1 heterocycles. The number of carbonyl (C=O) groups excluding carboxylic acids is 1. The molecule has 0 aliphatic carbocycles. The van der Waals surface area contributed by atoms with Crippen LogP contribution in [0.3, 0.4) is 0 Å². The summed E-state index contributed by atoms with van der Waals surface area (Å²) in [5.74, 6) is -0.668. The quantitative estimate of drug-likeness (QED) is 0.655. The number of nitrogens with one attached hydrogen (secondary N) is 1. The second kappa shape index (κ2) is 2.45. The van der Waals surface area contributed by atoms with Gasteiger partial charge in [0, 0.05) is 12.1 Å². The maximum Gasteiger partial charge on any atom is 0.251 e. The first-order chi connectivity index (χ1) is 5.68. The number of rotatable bonds is 0. The normalized spacial score (nSPS) is 14.3. The fraction of sp³-hybridized carbons (Fsp3) is 0.125. The van der Waals surface area contributed by atoms with Crippen LogP contribution in [0, 0.1) is 5.82 Å². The SMILES string of the molecule is O=C1NCc2cc(F)c(Cl)cc21. The van der Waals surface area contributed by atoms with Crippen molar-refractivity contribution >= 4 is 17.5 Å². The van der Waals surface area contributed by atoms with Gasteiger partial charge >= 0.3 is 0 Å². The second-order valence-corrected chi connectivity index (χ2v) is 3.01. The molecule has 0 spiro atoms. The molecule has 0 bridgehead atoms. The highest BCUT2D eigenvalue weighted by atomic mass is 35.5. The van der Waals surface area contributed by atoms with E-state index in [9.17, 15) is 9.18 Å². The Morgan fingerprint density at radius 3 is 3.00 bits per heavy atom. The third-order valence-corrected chi connectivity index (χ3v) is 2.12. The van der Waals surface area contributed by atoms with Crippen molar-refractivity contribution in [1.82, 2.24) is 5.32 Å². The Bertz CT molecular complexity index is 364. The number of benzene rings is 1. The van der Waals surface area contributed by atoms with Crippen molar-refractivity contribution in [3.8, 4) is 0 Å². The molecule has 2 nitrogen and oxygen atoms in total. The first-order valence-electron chi connectivity index (χ1n) is 3.44. The van der Waals surface area contributed by atoms with Gasteiger partial charge in [-0.05, 0) is 17.7 Å². The Hall–Kier alpha value is -1.09.